The highest BCUT2D eigenvalue weighted by molar-refractivity contribution is 7.89. The molecule has 0 aromatic heterocycles. The summed E-state index contributed by atoms with van der Waals surface area (Å²) in [6.07, 6.45) is 1.41. The number of nitrogens with two attached hydrogens (primary N) is 1. The molecular weight excluding hydrogens is 294 g/mol. The van der Waals surface area contributed by atoms with Crippen LogP contribution in [0.25, 0.3) is 0 Å². The quantitative estimate of drug-likeness (QED) is 0.666. The summed E-state index contributed by atoms with van der Waals surface area (Å²) in [5, 5.41) is 11.2. The number of aryl methyl sites for hydroxylation is 1. The van der Waals surface area contributed by atoms with E-state index >= 15 is 0 Å². The van der Waals surface area contributed by atoms with Crippen molar-refractivity contribution < 1.29 is 13.3 Å². The van der Waals surface area contributed by atoms with E-state index < -0.39 is 14.9 Å². The van der Waals surface area contributed by atoms with Gasteiger partial charge in [-0.05, 0) is 37.8 Å². The lowest BCUT2D eigenvalue weighted by Gasteiger charge is -2.24. The summed E-state index contributed by atoms with van der Waals surface area (Å²) < 4.78 is 27.0. The molecule has 1 fully saturated rings. The number of hydrogen-bond acceptors (Lipinski definition) is 5. The van der Waals surface area contributed by atoms with Gasteiger partial charge < -0.3 is 5.73 Å². The first-order valence-electron chi connectivity index (χ1n) is 6.77. The van der Waals surface area contributed by atoms with E-state index in [1.807, 2.05) is 0 Å². The Hall–Kier alpha value is -1.51. The van der Waals surface area contributed by atoms with Gasteiger partial charge in [0.25, 0.3) is 5.69 Å². The number of nitro benzene ring substituents is 1. The Morgan fingerprint density at radius 2 is 2.10 bits per heavy atom. The van der Waals surface area contributed by atoms with E-state index in [2.05, 4.69) is 0 Å². The second-order valence-electron chi connectivity index (χ2n) is 5.26. The van der Waals surface area contributed by atoms with Gasteiger partial charge in [0.1, 0.15) is 0 Å². The van der Waals surface area contributed by atoms with Crippen LogP contribution in [0, 0.1) is 24.0 Å². The summed E-state index contributed by atoms with van der Waals surface area (Å²) in [4.78, 5) is 10.3. The normalized spacial score (nSPS) is 19.9. The van der Waals surface area contributed by atoms with Crippen molar-refractivity contribution in [1.82, 2.24) is 4.31 Å². The lowest BCUT2D eigenvalue weighted by Crippen LogP contribution is -2.40. The highest BCUT2D eigenvalue weighted by Crippen LogP contribution is 2.34. The van der Waals surface area contributed by atoms with Crippen LogP contribution in [-0.4, -0.2) is 36.8 Å². The first kappa shape index (κ1) is 15.9. The largest absolute Gasteiger partial charge is 0.329 e. The molecule has 0 radical (unpaired) electrons. The van der Waals surface area contributed by atoms with Gasteiger partial charge in [-0.15, -0.1) is 0 Å². The van der Waals surface area contributed by atoms with E-state index in [1.54, 1.807) is 19.9 Å². The number of benzene rings is 1. The highest BCUT2D eigenvalue weighted by atomic mass is 32.2. The fourth-order valence-corrected chi connectivity index (χ4v) is 4.87. The van der Waals surface area contributed by atoms with Gasteiger partial charge in [0.05, 0.1) is 4.92 Å². The predicted molar refractivity (Wildman–Crippen MR) is 78.5 cm³/mol. The molecule has 1 aromatic carbocycles. The third-order valence-corrected chi connectivity index (χ3v) is 6.14. The Kier molecular flexibility index (Phi) is 4.31. The third-order valence-electron chi connectivity index (χ3n) is 4.01. The van der Waals surface area contributed by atoms with E-state index in [9.17, 15) is 18.5 Å². The number of nitrogens with zero attached hydrogens (tertiary/aromatic N) is 2. The van der Waals surface area contributed by atoms with Crippen LogP contribution in [-0.2, 0) is 10.0 Å². The average Bonchev–Trinajstić information content (AvgIpc) is 2.90. The Morgan fingerprint density at radius 3 is 2.67 bits per heavy atom. The molecule has 2 rings (SSSR count). The first-order valence-corrected chi connectivity index (χ1v) is 8.21. The standard InChI is InChI=1S/C13H19N3O4S/c1-9-5-6-12(16(17)18)13(10(9)2)21(19,20)15-7-3-4-11(15)8-14/h5-6,11H,3-4,7-8,14H2,1-2H3. The zero-order chi connectivity index (χ0) is 15.8. The predicted octanol–water partition coefficient (Wildman–Crippen LogP) is 1.32. The second kappa shape index (κ2) is 5.70. The van der Waals surface area contributed by atoms with Crippen molar-refractivity contribution in [1.29, 1.82) is 0 Å². The number of rotatable bonds is 4. The minimum atomic E-state index is -3.92. The third kappa shape index (κ3) is 2.66. The minimum Gasteiger partial charge on any atom is -0.329 e. The molecule has 1 heterocycles. The Balaban J connectivity index is 2.64. The summed E-state index contributed by atoms with van der Waals surface area (Å²) in [5.41, 5.74) is 6.38. The lowest BCUT2D eigenvalue weighted by molar-refractivity contribution is -0.388. The van der Waals surface area contributed by atoms with Gasteiger partial charge in [0.2, 0.25) is 10.0 Å². The van der Waals surface area contributed by atoms with Crippen molar-refractivity contribution in [2.75, 3.05) is 13.1 Å². The molecule has 1 aliphatic heterocycles. The van der Waals surface area contributed by atoms with Crippen LogP contribution in [0.3, 0.4) is 0 Å². The van der Waals surface area contributed by atoms with Gasteiger partial charge in [-0.1, -0.05) is 6.07 Å². The van der Waals surface area contributed by atoms with Crippen molar-refractivity contribution in [2.45, 2.75) is 37.6 Å². The molecule has 1 atom stereocenters. The molecule has 0 aliphatic carbocycles. The molecule has 1 aromatic rings. The molecule has 0 amide bonds. The van der Waals surface area contributed by atoms with Crippen LogP contribution in [0.15, 0.2) is 17.0 Å². The number of hydrogen-bond donors (Lipinski definition) is 1. The maximum atomic E-state index is 12.9. The summed E-state index contributed by atoms with van der Waals surface area (Å²) in [6, 6.07) is 2.54. The molecule has 0 saturated carbocycles. The molecule has 1 saturated heterocycles. The maximum absolute atomic E-state index is 12.9. The lowest BCUT2D eigenvalue weighted by atomic mass is 10.1. The Bertz CT molecular complexity index is 672. The van der Waals surface area contributed by atoms with Gasteiger partial charge in [-0.25, -0.2) is 8.42 Å². The van der Waals surface area contributed by atoms with Crippen molar-refractivity contribution in [2.24, 2.45) is 5.73 Å². The van der Waals surface area contributed by atoms with Crippen LogP contribution in [0.2, 0.25) is 0 Å². The van der Waals surface area contributed by atoms with Crippen LogP contribution in [0.4, 0.5) is 5.69 Å². The topological polar surface area (TPSA) is 107 Å². The molecule has 21 heavy (non-hydrogen) atoms. The molecule has 8 heteroatoms. The summed E-state index contributed by atoms with van der Waals surface area (Å²) >= 11 is 0. The van der Waals surface area contributed by atoms with Crippen molar-refractivity contribution in [3.63, 3.8) is 0 Å². The Labute approximate surface area is 123 Å². The summed E-state index contributed by atoms with van der Waals surface area (Å²) in [6.45, 7) is 3.91. The van der Waals surface area contributed by atoms with Gasteiger partial charge in [-0.3, -0.25) is 10.1 Å². The van der Waals surface area contributed by atoms with Gasteiger partial charge in [0, 0.05) is 25.2 Å². The van der Waals surface area contributed by atoms with E-state index in [-0.39, 0.29) is 23.2 Å². The summed E-state index contributed by atoms with van der Waals surface area (Å²) in [5.74, 6) is 0. The van der Waals surface area contributed by atoms with Crippen molar-refractivity contribution in [3.8, 4) is 0 Å². The molecule has 1 aliphatic rings. The number of nitro groups is 1. The summed E-state index contributed by atoms with van der Waals surface area (Å²) in [7, 11) is -3.92. The van der Waals surface area contributed by atoms with Crippen molar-refractivity contribution in [3.05, 3.63) is 33.4 Å². The van der Waals surface area contributed by atoms with Crippen LogP contribution in [0.1, 0.15) is 24.0 Å². The van der Waals surface area contributed by atoms with E-state index in [1.165, 1.54) is 10.4 Å². The fraction of sp³-hybridized carbons (Fsp3) is 0.538. The molecule has 7 nitrogen and oxygen atoms in total. The smallest absolute Gasteiger partial charge is 0.289 e. The molecule has 0 spiro atoms. The van der Waals surface area contributed by atoms with Crippen LogP contribution < -0.4 is 5.73 Å². The highest BCUT2D eigenvalue weighted by Gasteiger charge is 2.39. The minimum absolute atomic E-state index is 0.201. The number of sulfonamides is 1. The fourth-order valence-electron chi connectivity index (χ4n) is 2.72. The SMILES string of the molecule is Cc1ccc([N+](=O)[O-])c(S(=O)(=O)N2CCCC2CN)c1C. The van der Waals surface area contributed by atoms with E-state index in [0.717, 1.165) is 6.42 Å². The zero-order valence-electron chi connectivity index (χ0n) is 12.1. The Morgan fingerprint density at radius 1 is 1.43 bits per heavy atom. The van der Waals surface area contributed by atoms with Gasteiger partial charge in [-0.2, -0.15) is 4.31 Å². The first-order chi connectivity index (χ1) is 9.80. The van der Waals surface area contributed by atoms with E-state index in [0.29, 0.717) is 24.1 Å². The van der Waals surface area contributed by atoms with Crippen LogP contribution in [0.5, 0.6) is 0 Å². The molecule has 0 bridgehead atoms. The zero-order valence-corrected chi connectivity index (χ0v) is 12.9. The monoisotopic (exact) mass is 313 g/mol. The molecule has 116 valence electrons. The van der Waals surface area contributed by atoms with Crippen LogP contribution >= 0.6 is 0 Å². The van der Waals surface area contributed by atoms with E-state index in [4.69, 9.17) is 5.73 Å². The van der Waals surface area contributed by atoms with Crippen molar-refractivity contribution >= 4 is 15.7 Å². The molecule has 1 unspecified atom stereocenters. The van der Waals surface area contributed by atoms with Gasteiger partial charge >= 0.3 is 0 Å². The molecule has 2 N–H and O–H groups in total. The van der Waals surface area contributed by atoms with Gasteiger partial charge in [0.15, 0.2) is 4.90 Å². The maximum Gasteiger partial charge on any atom is 0.289 e. The molecular formula is C13H19N3O4S. The average molecular weight is 313 g/mol. The second-order valence-corrected chi connectivity index (χ2v) is 7.09.